The van der Waals surface area contributed by atoms with Crippen molar-refractivity contribution in [2.24, 2.45) is 5.73 Å². The molecule has 3 heteroatoms. The first-order valence-corrected chi connectivity index (χ1v) is 7.05. The molecule has 2 N–H and O–H groups in total. The minimum atomic E-state index is 0.539. The molecule has 0 spiro atoms. The summed E-state index contributed by atoms with van der Waals surface area (Å²) in [5.41, 5.74) is 12.3. The molecule has 0 aliphatic rings. The van der Waals surface area contributed by atoms with Crippen LogP contribution >= 0.6 is 11.3 Å². The zero-order chi connectivity index (χ0) is 13.3. The van der Waals surface area contributed by atoms with Crippen LogP contribution in [0.3, 0.4) is 0 Å². The average Bonchev–Trinajstić information content (AvgIpc) is 2.64. The smallest absolute Gasteiger partial charge is 0.107 e. The van der Waals surface area contributed by atoms with E-state index in [2.05, 4.69) is 44.8 Å². The standard InChI is InChI=1S/C15H20N2S/c1-9-5-10(2)13(11(3)6-9)7-14-12(4)17-15(8-16)18-14/h5-6H,7-8,16H2,1-4H3. The van der Waals surface area contributed by atoms with Gasteiger partial charge < -0.3 is 5.73 Å². The van der Waals surface area contributed by atoms with E-state index in [0.29, 0.717) is 6.54 Å². The number of hydrogen-bond donors (Lipinski definition) is 1. The highest BCUT2D eigenvalue weighted by Gasteiger charge is 2.11. The largest absolute Gasteiger partial charge is 0.325 e. The summed E-state index contributed by atoms with van der Waals surface area (Å²) in [4.78, 5) is 5.83. The van der Waals surface area contributed by atoms with E-state index in [1.54, 1.807) is 11.3 Å². The van der Waals surface area contributed by atoms with Crippen molar-refractivity contribution in [3.63, 3.8) is 0 Å². The molecule has 0 saturated carbocycles. The third-order valence-corrected chi connectivity index (χ3v) is 4.47. The van der Waals surface area contributed by atoms with E-state index in [0.717, 1.165) is 17.1 Å². The molecule has 0 radical (unpaired) electrons. The van der Waals surface area contributed by atoms with Crippen molar-refractivity contribution in [3.05, 3.63) is 50.0 Å². The first-order valence-electron chi connectivity index (χ1n) is 6.23. The van der Waals surface area contributed by atoms with E-state index in [-0.39, 0.29) is 0 Å². The summed E-state index contributed by atoms with van der Waals surface area (Å²) in [7, 11) is 0. The lowest BCUT2D eigenvalue weighted by Crippen LogP contribution is -1.96. The number of aromatic nitrogens is 1. The fourth-order valence-corrected chi connectivity index (χ4v) is 3.35. The van der Waals surface area contributed by atoms with Crippen LogP contribution in [0.2, 0.25) is 0 Å². The van der Waals surface area contributed by atoms with Crippen molar-refractivity contribution in [3.8, 4) is 0 Å². The van der Waals surface area contributed by atoms with Crippen LogP contribution < -0.4 is 5.73 Å². The van der Waals surface area contributed by atoms with Gasteiger partial charge in [0.1, 0.15) is 5.01 Å². The molecule has 2 nitrogen and oxygen atoms in total. The van der Waals surface area contributed by atoms with Gasteiger partial charge in [-0.3, -0.25) is 0 Å². The van der Waals surface area contributed by atoms with Crippen molar-refractivity contribution in [2.75, 3.05) is 0 Å². The van der Waals surface area contributed by atoms with Crippen LogP contribution in [0, 0.1) is 27.7 Å². The van der Waals surface area contributed by atoms with E-state index in [4.69, 9.17) is 5.73 Å². The van der Waals surface area contributed by atoms with Gasteiger partial charge in [-0.25, -0.2) is 4.98 Å². The van der Waals surface area contributed by atoms with Gasteiger partial charge in [-0.2, -0.15) is 0 Å². The molecule has 0 atom stereocenters. The topological polar surface area (TPSA) is 38.9 Å². The molecule has 1 aromatic heterocycles. The third-order valence-electron chi connectivity index (χ3n) is 3.29. The predicted molar refractivity (Wildman–Crippen MR) is 78.2 cm³/mol. The number of aryl methyl sites for hydroxylation is 4. The lowest BCUT2D eigenvalue weighted by Gasteiger charge is -2.10. The summed E-state index contributed by atoms with van der Waals surface area (Å²) in [6.07, 6.45) is 0.974. The Bertz CT molecular complexity index is 547. The first-order chi connectivity index (χ1) is 8.51. The Hall–Kier alpha value is -1.19. The molecule has 1 heterocycles. The van der Waals surface area contributed by atoms with Crippen LogP contribution in [0.1, 0.15) is 37.8 Å². The van der Waals surface area contributed by atoms with Gasteiger partial charge in [0.15, 0.2) is 0 Å². The maximum Gasteiger partial charge on any atom is 0.107 e. The predicted octanol–water partition coefficient (Wildman–Crippen LogP) is 3.43. The highest BCUT2D eigenvalue weighted by molar-refractivity contribution is 7.11. The highest BCUT2D eigenvalue weighted by Crippen LogP contribution is 2.25. The van der Waals surface area contributed by atoms with Crippen LogP contribution in [0.4, 0.5) is 0 Å². The molecule has 2 rings (SSSR count). The van der Waals surface area contributed by atoms with Crippen LogP contribution in [0.5, 0.6) is 0 Å². The fourth-order valence-electron chi connectivity index (χ4n) is 2.39. The molecule has 18 heavy (non-hydrogen) atoms. The van der Waals surface area contributed by atoms with E-state index in [9.17, 15) is 0 Å². The zero-order valence-electron chi connectivity index (χ0n) is 11.5. The maximum atomic E-state index is 5.65. The number of nitrogens with zero attached hydrogens (tertiary/aromatic N) is 1. The Kier molecular flexibility index (Phi) is 3.83. The molecular weight excluding hydrogens is 240 g/mol. The molecule has 0 amide bonds. The van der Waals surface area contributed by atoms with Gasteiger partial charge in [-0.1, -0.05) is 17.7 Å². The molecule has 0 bridgehead atoms. The summed E-state index contributed by atoms with van der Waals surface area (Å²) in [5, 5.41) is 1.03. The third kappa shape index (κ3) is 2.62. The Morgan fingerprint density at radius 3 is 2.22 bits per heavy atom. The van der Waals surface area contributed by atoms with Crippen LogP contribution in [-0.2, 0) is 13.0 Å². The molecule has 0 unspecified atom stereocenters. The molecule has 0 aliphatic heterocycles. The van der Waals surface area contributed by atoms with Gasteiger partial charge in [0.05, 0.1) is 5.69 Å². The second-order valence-corrected chi connectivity index (χ2v) is 6.04. The van der Waals surface area contributed by atoms with Crippen LogP contribution in [0.25, 0.3) is 0 Å². The molecule has 0 fully saturated rings. The quantitative estimate of drug-likeness (QED) is 0.918. The average molecular weight is 260 g/mol. The number of rotatable bonds is 3. The molecule has 1 aromatic carbocycles. The fraction of sp³-hybridized carbons (Fsp3) is 0.400. The minimum absolute atomic E-state index is 0.539. The van der Waals surface area contributed by atoms with Crippen molar-refractivity contribution in [1.82, 2.24) is 4.98 Å². The summed E-state index contributed by atoms with van der Waals surface area (Å²) >= 11 is 1.74. The molecular formula is C15H20N2S. The second kappa shape index (κ2) is 5.21. The van der Waals surface area contributed by atoms with Gasteiger partial charge in [0, 0.05) is 17.8 Å². The molecule has 2 aromatic rings. The lowest BCUT2D eigenvalue weighted by molar-refractivity contribution is 1.01. The van der Waals surface area contributed by atoms with E-state index in [1.165, 1.54) is 27.1 Å². The van der Waals surface area contributed by atoms with Crippen LogP contribution in [0.15, 0.2) is 12.1 Å². The number of benzene rings is 1. The van der Waals surface area contributed by atoms with Crippen LogP contribution in [-0.4, -0.2) is 4.98 Å². The monoisotopic (exact) mass is 260 g/mol. The Balaban J connectivity index is 2.36. The normalized spacial score (nSPS) is 10.9. The summed E-state index contributed by atoms with van der Waals surface area (Å²) in [5.74, 6) is 0. The van der Waals surface area contributed by atoms with Crippen molar-refractivity contribution in [2.45, 2.75) is 40.7 Å². The van der Waals surface area contributed by atoms with Gasteiger partial charge >= 0.3 is 0 Å². The lowest BCUT2D eigenvalue weighted by atomic mass is 9.96. The number of thiazole rings is 1. The Labute approximate surface area is 113 Å². The SMILES string of the molecule is Cc1cc(C)c(Cc2sc(CN)nc2C)c(C)c1. The summed E-state index contributed by atoms with van der Waals surface area (Å²) < 4.78 is 0. The van der Waals surface area contributed by atoms with Gasteiger partial charge in [0.2, 0.25) is 0 Å². The Morgan fingerprint density at radius 2 is 1.72 bits per heavy atom. The number of nitrogens with two attached hydrogens (primary N) is 1. The number of hydrogen-bond acceptors (Lipinski definition) is 3. The van der Waals surface area contributed by atoms with Gasteiger partial charge in [-0.15, -0.1) is 11.3 Å². The Morgan fingerprint density at radius 1 is 1.11 bits per heavy atom. The van der Waals surface area contributed by atoms with Crippen molar-refractivity contribution in [1.29, 1.82) is 0 Å². The van der Waals surface area contributed by atoms with Gasteiger partial charge in [-0.05, 0) is 44.4 Å². The summed E-state index contributed by atoms with van der Waals surface area (Å²) in [6.45, 7) is 9.14. The molecule has 0 aliphatic carbocycles. The van der Waals surface area contributed by atoms with E-state index < -0.39 is 0 Å². The molecule has 0 saturated heterocycles. The molecule has 96 valence electrons. The van der Waals surface area contributed by atoms with E-state index >= 15 is 0 Å². The van der Waals surface area contributed by atoms with Crippen molar-refractivity contribution >= 4 is 11.3 Å². The minimum Gasteiger partial charge on any atom is -0.325 e. The zero-order valence-corrected chi connectivity index (χ0v) is 12.3. The first kappa shape index (κ1) is 13.2. The van der Waals surface area contributed by atoms with E-state index in [1.807, 2.05) is 0 Å². The van der Waals surface area contributed by atoms with Crippen molar-refractivity contribution < 1.29 is 0 Å². The second-order valence-electron chi connectivity index (χ2n) is 4.87. The summed E-state index contributed by atoms with van der Waals surface area (Å²) in [6, 6.07) is 4.51. The maximum absolute atomic E-state index is 5.65. The van der Waals surface area contributed by atoms with Gasteiger partial charge in [0.25, 0.3) is 0 Å². The highest BCUT2D eigenvalue weighted by atomic mass is 32.1.